The summed E-state index contributed by atoms with van der Waals surface area (Å²) in [6.45, 7) is 4.37. The Kier molecular flexibility index (Phi) is 3.70. The molecule has 2 heterocycles. The molecule has 0 aliphatic carbocycles. The molecule has 1 aromatic carbocycles. The molecule has 3 aromatic rings. The van der Waals surface area contributed by atoms with Gasteiger partial charge in [-0.05, 0) is 37.6 Å². The van der Waals surface area contributed by atoms with Crippen LogP contribution in [0.4, 0.5) is 4.39 Å². The molecule has 0 saturated heterocycles. The van der Waals surface area contributed by atoms with E-state index in [1.807, 2.05) is 23.8 Å². The molecule has 0 unspecified atom stereocenters. The summed E-state index contributed by atoms with van der Waals surface area (Å²) in [5, 5.41) is 12.7. The van der Waals surface area contributed by atoms with E-state index in [0.717, 1.165) is 21.9 Å². The molecule has 0 radical (unpaired) electrons. The number of benzene rings is 1. The number of thiazole rings is 1. The molecule has 0 aliphatic heterocycles. The Hall–Kier alpha value is -2.21. The van der Waals surface area contributed by atoms with Crippen LogP contribution in [0.5, 0.6) is 0 Å². The molecule has 3 rings (SSSR count). The molecule has 4 nitrogen and oxygen atoms in total. The standard InChI is InChI=1S/C16H15FN2O2S/c1-9-13(6-16(20)21)14-5-11(17)3-4-15(14)19(9)7-12-8-22-10(2)18-12/h3-5,8H,6-7H2,1-2H3,(H,20,21). The second-order valence-corrected chi connectivity index (χ2v) is 6.30. The molecular weight excluding hydrogens is 303 g/mol. The average Bonchev–Trinajstić information content (AvgIpc) is 2.96. The number of nitrogens with zero attached hydrogens (tertiary/aromatic N) is 2. The maximum Gasteiger partial charge on any atom is 0.307 e. The number of aromatic nitrogens is 2. The third kappa shape index (κ3) is 2.62. The molecular formula is C16H15FN2O2S. The van der Waals surface area contributed by atoms with Crippen molar-refractivity contribution in [3.05, 3.63) is 51.4 Å². The molecule has 22 heavy (non-hydrogen) atoms. The van der Waals surface area contributed by atoms with Gasteiger partial charge < -0.3 is 9.67 Å². The van der Waals surface area contributed by atoms with Crippen molar-refractivity contribution in [3.8, 4) is 0 Å². The van der Waals surface area contributed by atoms with Gasteiger partial charge in [-0.25, -0.2) is 9.37 Å². The zero-order valence-electron chi connectivity index (χ0n) is 12.3. The molecule has 0 atom stereocenters. The first-order chi connectivity index (χ1) is 10.5. The van der Waals surface area contributed by atoms with E-state index in [0.29, 0.717) is 17.5 Å². The van der Waals surface area contributed by atoms with Crippen molar-refractivity contribution >= 4 is 28.2 Å². The number of hydrogen-bond donors (Lipinski definition) is 1. The van der Waals surface area contributed by atoms with Crippen molar-refractivity contribution in [3.63, 3.8) is 0 Å². The Balaban J connectivity index is 2.16. The van der Waals surface area contributed by atoms with E-state index >= 15 is 0 Å². The van der Waals surface area contributed by atoms with Gasteiger partial charge in [0, 0.05) is 22.0 Å². The minimum Gasteiger partial charge on any atom is -0.481 e. The van der Waals surface area contributed by atoms with E-state index in [2.05, 4.69) is 4.98 Å². The van der Waals surface area contributed by atoms with Gasteiger partial charge in [0.2, 0.25) is 0 Å². The minimum absolute atomic E-state index is 0.116. The Morgan fingerprint density at radius 3 is 2.82 bits per heavy atom. The fourth-order valence-electron chi connectivity index (χ4n) is 2.74. The summed E-state index contributed by atoms with van der Waals surface area (Å²) < 4.78 is 15.6. The zero-order valence-corrected chi connectivity index (χ0v) is 13.1. The van der Waals surface area contributed by atoms with Gasteiger partial charge >= 0.3 is 5.97 Å². The third-order valence-corrected chi connectivity index (χ3v) is 4.55. The van der Waals surface area contributed by atoms with Crippen LogP contribution in [-0.2, 0) is 17.8 Å². The SMILES string of the molecule is Cc1nc(Cn2c(C)c(CC(=O)O)c3cc(F)ccc32)cs1. The van der Waals surface area contributed by atoms with Gasteiger partial charge in [0.1, 0.15) is 5.82 Å². The van der Waals surface area contributed by atoms with Gasteiger partial charge in [-0.2, -0.15) is 0 Å². The summed E-state index contributed by atoms with van der Waals surface area (Å²) in [5.74, 6) is -1.28. The molecule has 0 saturated carbocycles. The third-order valence-electron chi connectivity index (χ3n) is 3.73. The molecule has 6 heteroatoms. The van der Waals surface area contributed by atoms with Gasteiger partial charge in [-0.1, -0.05) is 0 Å². The lowest BCUT2D eigenvalue weighted by atomic mass is 10.1. The fourth-order valence-corrected chi connectivity index (χ4v) is 3.35. The summed E-state index contributed by atoms with van der Waals surface area (Å²) in [7, 11) is 0. The number of rotatable bonds is 4. The van der Waals surface area contributed by atoms with E-state index in [-0.39, 0.29) is 12.2 Å². The number of hydrogen-bond acceptors (Lipinski definition) is 3. The first-order valence-corrected chi connectivity index (χ1v) is 7.73. The predicted octanol–water partition coefficient (Wildman–Crippen LogP) is 3.53. The van der Waals surface area contributed by atoms with Gasteiger partial charge in [0.05, 0.1) is 23.7 Å². The van der Waals surface area contributed by atoms with Crippen LogP contribution in [0.25, 0.3) is 10.9 Å². The number of carboxylic acids is 1. The highest BCUT2D eigenvalue weighted by Gasteiger charge is 2.17. The van der Waals surface area contributed by atoms with Crippen molar-refractivity contribution in [2.24, 2.45) is 0 Å². The smallest absolute Gasteiger partial charge is 0.307 e. The monoisotopic (exact) mass is 318 g/mol. The van der Waals surface area contributed by atoms with Crippen LogP contribution in [0.1, 0.15) is 22.0 Å². The molecule has 2 aromatic heterocycles. The maximum absolute atomic E-state index is 13.6. The van der Waals surface area contributed by atoms with Crippen LogP contribution in [0.15, 0.2) is 23.6 Å². The van der Waals surface area contributed by atoms with E-state index in [1.54, 1.807) is 17.4 Å². The molecule has 0 fully saturated rings. The van der Waals surface area contributed by atoms with Crippen LogP contribution in [0.2, 0.25) is 0 Å². The first-order valence-electron chi connectivity index (χ1n) is 6.85. The van der Waals surface area contributed by atoms with Gasteiger partial charge in [-0.15, -0.1) is 11.3 Å². The van der Waals surface area contributed by atoms with Gasteiger partial charge in [0.15, 0.2) is 0 Å². The van der Waals surface area contributed by atoms with Crippen LogP contribution in [-0.4, -0.2) is 20.6 Å². The Bertz CT molecular complexity index is 867. The lowest BCUT2D eigenvalue weighted by molar-refractivity contribution is -0.136. The average molecular weight is 318 g/mol. The normalized spacial score (nSPS) is 11.2. The molecule has 0 amide bonds. The number of aryl methyl sites for hydroxylation is 1. The maximum atomic E-state index is 13.6. The fraction of sp³-hybridized carbons (Fsp3) is 0.250. The summed E-state index contributed by atoms with van der Waals surface area (Å²) >= 11 is 1.58. The van der Waals surface area contributed by atoms with E-state index in [9.17, 15) is 9.18 Å². The van der Waals surface area contributed by atoms with Gasteiger partial charge in [-0.3, -0.25) is 4.79 Å². The first kappa shape index (κ1) is 14.7. The van der Waals surface area contributed by atoms with Crippen LogP contribution >= 0.6 is 11.3 Å². The number of aliphatic carboxylic acids is 1. The van der Waals surface area contributed by atoms with Crippen LogP contribution in [0.3, 0.4) is 0 Å². The van der Waals surface area contributed by atoms with Crippen LogP contribution in [0, 0.1) is 19.7 Å². The highest BCUT2D eigenvalue weighted by atomic mass is 32.1. The number of carbonyl (C=O) groups is 1. The van der Waals surface area contributed by atoms with Crippen molar-refractivity contribution in [1.82, 2.24) is 9.55 Å². The molecule has 114 valence electrons. The van der Waals surface area contributed by atoms with E-state index < -0.39 is 5.97 Å². The number of fused-ring (bicyclic) bond motifs is 1. The second-order valence-electron chi connectivity index (χ2n) is 5.24. The van der Waals surface area contributed by atoms with Crippen molar-refractivity contribution in [2.45, 2.75) is 26.8 Å². The summed E-state index contributed by atoms with van der Waals surface area (Å²) in [6.07, 6.45) is -0.116. The van der Waals surface area contributed by atoms with Crippen LogP contribution < -0.4 is 0 Å². The highest BCUT2D eigenvalue weighted by molar-refractivity contribution is 7.09. The van der Waals surface area contributed by atoms with E-state index in [1.165, 1.54) is 12.1 Å². The number of carboxylic acid groups (broad SMARTS) is 1. The lowest BCUT2D eigenvalue weighted by Crippen LogP contribution is -2.05. The summed E-state index contributed by atoms with van der Waals surface area (Å²) in [4.78, 5) is 15.6. The second kappa shape index (κ2) is 5.53. The molecule has 0 spiro atoms. The largest absolute Gasteiger partial charge is 0.481 e. The quantitative estimate of drug-likeness (QED) is 0.800. The predicted molar refractivity (Wildman–Crippen MR) is 83.9 cm³/mol. The molecule has 0 aliphatic rings. The van der Waals surface area contributed by atoms with Crippen molar-refractivity contribution in [1.29, 1.82) is 0 Å². The Morgan fingerprint density at radius 2 is 2.18 bits per heavy atom. The van der Waals surface area contributed by atoms with Crippen molar-refractivity contribution < 1.29 is 14.3 Å². The minimum atomic E-state index is -0.920. The van der Waals surface area contributed by atoms with Gasteiger partial charge in [0.25, 0.3) is 0 Å². The summed E-state index contributed by atoms with van der Waals surface area (Å²) in [5.41, 5.74) is 3.26. The van der Waals surface area contributed by atoms with Crippen molar-refractivity contribution in [2.75, 3.05) is 0 Å². The number of halogens is 1. The summed E-state index contributed by atoms with van der Waals surface area (Å²) in [6, 6.07) is 4.50. The molecule has 0 bridgehead atoms. The lowest BCUT2D eigenvalue weighted by Gasteiger charge is -2.06. The molecule has 1 N–H and O–H groups in total. The van der Waals surface area contributed by atoms with E-state index in [4.69, 9.17) is 5.11 Å². The Labute approximate surface area is 130 Å². The highest BCUT2D eigenvalue weighted by Crippen LogP contribution is 2.28. The zero-order chi connectivity index (χ0) is 15.9. The topological polar surface area (TPSA) is 55.1 Å². The Morgan fingerprint density at radius 1 is 1.41 bits per heavy atom.